The Morgan fingerprint density at radius 2 is 1.91 bits per heavy atom. The predicted molar refractivity (Wildman–Crippen MR) is 87.7 cm³/mol. The average molecular weight is 351 g/mol. The lowest BCUT2D eigenvalue weighted by molar-refractivity contribution is -0.0498. The van der Waals surface area contributed by atoms with Crippen molar-refractivity contribution in [3.63, 3.8) is 0 Å². The molecule has 0 unspecified atom stereocenters. The molecule has 0 aliphatic heterocycles. The summed E-state index contributed by atoms with van der Waals surface area (Å²) in [4.78, 5) is 16.6. The van der Waals surface area contributed by atoms with Crippen LogP contribution in [0.4, 0.5) is 8.78 Å². The molecule has 0 atom stereocenters. The van der Waals surface area contributed by atoms with Crippen molar-refractivity contribution in [3.05, 3.63) is 54.1 Å². The minimum absolute atomic E-state index is 0.0374. The zero-order valence-corrected chi connectivity index (χ0v) is 13.4. The van der Waals surface area contributed by atoms with Crippen molar-refractivity contribution >= 4 is 39.1 Å². The Hall–Kier alpha value is -1.99. The Kier molecular flexibility index (Phi) is 4.88. The third kappa shape index (κ3) is 4.05. The minimum atomic E-state index is -2.87. The fourth-order valence-electron chi connectivity index (χ4n) is 1.95. The van der Waals surface area contributed by atoms with Crippen molar-refractivity contribution in [1.29, 1.82) is 0 Å². The first-order chi connectivity index (χ1) is 11.1. The van der Waals surface area contributed by atoms with Crippen molar-refractivity contribution in [1.82, 2.24) is 4.98 Å². The number of carbonyl (C=O) groups is 1. The molecule has 0 N–H and O–H groups in total. The van der Waals surface area contributed by atoms with Crippen LogP contribution in [0.25, 0.3) is 10.2 Å². The summed E-state index contributed by atoms with van der Waals surface area (Å²) in [7, 11) is 0. The summed E-state index contributed by atoms with van der Waals surface area (Å²) in [6.45, 7) is -2.87. The van der Waals surface area contributed by atoms with Gasteiger partial charge in [0.05, 0.1) is 16.0 Å². The molecule has 2 aromatic carbocycles. The van der Waals surface area contributed by atoms with Gasteiger partial charge in [0.15, 0.2) is 10.1 Å². The maximum atomic E-state index is 12.1. The monoisotopic (exact) mass is 351 g/mol. The van der Waals surface area contributed by atoms with Gasteiger partial charge in [0.25, 0.3) is 0 Å². The number of ether oxygens (including phenoxy) is 1. The topological polar surface area (TPSA) is 39.2 Å². The molecule has 0 saturated heterocycles. The molecule has 0 fully saturated rings. The standard InChI is InChI=1S/C16H11F2NO2S2/c17-15(18)21-11-7-5-10(6-8-11)13(20)9-22-16-19-12-3-1-2-4-14(12)23-16/h1-8,15H,9H2. The van der Waals surface area contributed by atoms with E-state index in [0.717, 1.165) is 14.6 Å². The Morgan fingerprint density at radius 1 is 1.17 bits per heavy atom. The van der Waals surface area contributed by atoms with Crippen molar-refractivity contribution in [2.45, 2.75) is 11.0 Å². The summed E-state index contributed by atoms with van der Waals surface area (Å²) in [6.07, 6.45) is 0. The smallest absolute Gasteiger partial charge is 0.387 e. The normalized spacial score (nSPS) is 11.1. The van der Waals surface area contributed by atoms with Gasteiger partial charge in [0, 0.05) is 5.56 Å². The van der Waals surface area contributed by atoms with Gasteiger partial charge in [-0.15, -0.1) is 11.3 Å². The molecule has 0 saturated carbocycles. The molecule has 1 aromatic heterocycles. The van der Waals surface area contributed by atoms with Gasteiger partial charge < -0.3 is 4.74 Å². The number of halogens is 2. The number of benzene rings is 2. The summed E-state index contributed by atoms with van der Waals surface area (Å²) in [5.41, 5.74) is 1.38. The molecule has 3 nitrogen and oxygen atoms in total. The van der Waals surface area contributed by atoms with Crippen LogP contribution in [0.1, 0.15) is 10.4 Å². The van der Waals surface area contributed by atoms with E-state index >= 15 is 0 Å². The highest BCUT2D eigenvalue weighted by molar-refractivity contribution is 8.01. The van der Waals surface area contributed by atoms with Gasteiger partial charge in [-0.1, -0.05) is 23.9 Å². The zero-order chi connectivity index (χ0) is 16.2. The fourth-order valence-corrected chi connectivity index (χ4v) is 3.91. The van der Waals surface area contributed by atoms with Crippen molar-refractivity contribution < 1.29 is 18.3 Å². The molecule has 0 radical (unpaired) electrons. The Morgan fingerprint density at radius 3 is 2.61 bits per heavy atom. The number of thioether (sulfide) groups is 1. The number of carbonyl (C=O) groups excluding carboxylic acids is 1. The molecule has 23 heavy (non-hydrogen) atoms. The predicted octanol–water partition coefficient (Wildman–Crippen LogP) is 4.87. The molecule has 7 heteroatoms. The molecular weight excluding hydrogens is 340 g/mol. The van der Waals surface area contributed by atoms with Crippen LogP contribution in [-0.4, -0.2) is 23.1 Å². The fraction of sp³-hybridized carbons (Fsp3) is 0.125. The van der Waals surface area contributed by atoms with E-state index in [2.05, 4.69) is 9.72 Å². The number of hydrogen-bond donors (Lipinski definition) is 0. The van der Waals surface area contributed by atoms with Gasteiger partial charge in [-0.05, 0) is 36.4 Å². The minimum Gasteiger partial charge on any atom is -0.435 e. The molecular formula is C16H11F2NO2S2. The van der Waals surface area contributed by atoms with E-state index in [1.165, 1.54) is 36.0 Å². The lowest BCUT2D eigenvalue weighted by atomic mass is 10.1. The van der Waals surface area contributed by atoms with Gasteiger partial charge in [0.1, 0.15) is 5.75 Å². The third-order valence-corrected chi connectivity index (χ3v) is 5.18. The maximum absolute atomic E-state index is 12.1. The number of Topliss-reactive ketones (excluding diaryl/α,β-unsaturated/α-hetero) is 1. The van der Waals surface area contributed by atoms with Crippen LogP contribution in [0.5, 0.6) is 5.75 Å². The SMILES string of the molecule is O=C(CSc1nc2ccccc2s1)c1ccc(OC(F)F)cc1. The number of rotatable bonds is 6. The maximum Gasteiger partial charge on any atom is 0.387 e. The number of alkyl halides is 2. The molecule has 0 aliphatic carbocycles. The Labute approximate surface area is 139 Å². The summed E-state index contributed by atoms with van der Waals surface area (Å²) in [5.74, 6) is 0.197. The Balaban J connectivity index is 1.62. The molecule has 0 amide bonds. The number of fused-ring (bicyclic) bond motifs is 1. The lowest BCUT2D eigenvalue weighted by Gasteiger charge is -2.05. The van der Waals surface area contributed by atoms with Gasteiger partial charge in [-0.2, -0.15) is 8.78 Å². The van der Waals surface area contributed by atoms with Crippen LogP contribution in [0.2, 0.25) is 0 Å². The van der Waals surface area contributed by atoms with Gasteiger partial charge in [0.2, 0.25) is 0 Å². The van der Waals surface area contributed by atoms with Crippen LogP contribution < -0.4 is 4.74 Å². The number of hydrogen-bond acceptors (Lipinski definition) is 5. The number of ketones is 1. The van der Waals surface area contributed by atoms with Crippen molar-refractivity contribution in [3.8, 4) is 5.75 Å². The lowest BCUT2D eigenvalue weighted by Crippen LogP contribution is -2.04. The first kappa shape index (κ1) is 15.9. The first-order valence-electron chi connectivity index (χ1n) is 6.68. The highest BCUT2D eigenvalue weighted by atomic mass is 32.2. The van der Waals surface area contributed by atoms with E-state index in [1.807, 2.05) is 24.3 Å². The number of nitrogens with zero attached hydrogens (tertiary/aromatic N) is 1. The molecule has 3 rings (SSSR count). The van der Waals surface area contributed by atoms with E-state index in [1.54, 1.807) is 11.3 Å². The molecule has 3 aromatic rings. The van der Waals surface area contributed by atoms with E-state index in [9.17, 15) is 13.6 Å². The highest BCUT2D eigenvalue weighted by Gasteiger charge is 2.11. The summed E-state index contributed by atoms with van der Waals surface area (Å²) in [6, 6.07) is 13.5. The van der Waals surface area contributed by atoms with E-state index in [-0.39, 0.29) is 17.3 Å². The van der Waals surface area contributed by atoms with E-state index in [4.69, 9.17) is 0 Å². The van der Waals surface area contributed by atoms with Crippen LogP contribution in [0, 0.1) is 0 Å². The second-order valence-electron chi connectivity index (χ2n) is 4.56. The second kappa shape index (κ2) is 7.06. The second-order valence-corrected chi connectivity index (χ2v) is 6.82. The summed E-state index contributed by atoms with van der Waals surface area (Å²) >= 11 is 2.91. The Bertz CT molecular complexity index is 785. The van der Waals surface area contributed by atoms with Crippen LogP contribution >= 0.6 is 23.1 Å². The molecule has 0 spiro atoms. The highest BCUT2D eigenvalue weighted by Crippen LogP contribution is 2.29. The first-order valence-corrected chi connectivity index (χ1v) is 8.48. The zero-order valence-electron chi connectivity index (χ0n) is 11.7. The number of aromatic nitrogens is 1. The summed E-state index contributed by atoms with van der Waals surface area (Å²) in [5, 5.41) is 0. The number of thiazole rings is 1. The van der Waals surface area contributed by atoms with Gasteiger partial charge >= 0.3 is 6.61 Å². The molecule has 0 bridgehead atoms. The van der Waals surface area contributed by atoms with Crippen LogP contribution in [0.15, 0.2) is 52.9 Å². The largest absolute Gasteiger partial charge is 0.435 e. The van der Waals surface area contributed by atoms with E-state index < -0.39 is 6.61 Å². The average Bonchev–Trinajstić information content (AvgIpc) is 2.95. The van der Waals surface area contributed by atoms with Crippen molar-refractivity contribution in [2.24, 2.45) is 0 Å². The third-order valence-electron chi connectivity index (χ3n) is 3.00. The van der Waals surface area contributed by atoms with Gasteiger partial charge in [-0.25, -0.2) is 4.98 Å². The molecule has 0 aliphatic rings. The van der Waals surface area contributed by atoms with Crippen molar-refractivity contribution in [2.75, 3.05) is 5.75 Å². The molecule has 118 valence electrons. The van der Waals surface area contributed by atoms with Gasteiger partial charge in [-0.3, -0.25) is 4.79 Å². The number of para-hydroxylation sites is 1. The van der Waals surface area contributed by atoms with Crippen LogP contribution in [-0.2, 0) is 0 Å². The summed E-state index contributed by atoms with van der Waals surface area (Å²) < 4.78 is 30.3. The van der Waals surface area contributed by atoms with Crippen LogP contribution in [0.3, 0.4) is 0 Å². The molecule has 1 heterocycles. The quantitative estimate of drug-likeness (QED) is 0.469. The van der Waals surface area contributed by atoms with E-state index in [0.29, 0.717) is 5.56 Å².